The normalized spacial score (nSPS) is 13.0. The van der Waals surface area contributed by atoms with E-state index in [0.29, 0.717) is 11.5 Å². The van der Waals surface area contributed by atoms with Crippen LogP contribution in [-0.4, -0.2) is 39.8 Å². The fourth-order valence-electron chi connectivity index (χ4n) is 1.86. The number of sulfonamides is 1. The summed E-state index contributed by atoms with van der Waals surface area (Å²) < 4.78 is 37.0. The van der Waals surface area contributed by atoms with Gasteiger partial charge in [-0.1, -0.05) is 13.8 Å². The van der Waals surface area contributed by atoms with Crippen LogP contribution in [0.25, 0.3) is 0 Å². The molecule has 1 atom stereocenters. The third-order valence-corrected chi connectivity index (χ3v) is 4.39. The highest BCUT2D eigenvalue weighted by molar-refractivity contribution is 7.89. The number of carboxylic acids is 1. The second-order valence-corrected chi connectivity index (χ2v) is 6.90. The van der Waals surface area contributed by atoms with Gasteiger partial charge in [-0.15, -0.1) is 0 Å². The lowest BCUT2D eigenvalue weighted by molar-refractivity contribution is -0.139. The summed E-state index contributed by atoms with van der Waals surface area (Å²) in [5, 5.41) is 9.16. The Balaban J connectivity index is 3.14. The maximum Gasteiger partial charge on any atom is 0.321 e. The standard InChI is InChI=1S/C14H21NO6S/c1-9(2)5-13(14(16)17)15-22(18,19)12-7-10(20-3)6-11(8-12)21-4/h6-9,13,15H,5H2,1-4H3,(H,16,17)/t13-/m0/s1. The number of methoxy groups -OCH3 is 2. The fourth-order valence-corrected chi connectivity index (χ4v) is 3.11. The number of ether oxygens (including phenoxy) is 2. The molecule has 0 aromatic heterocycles. The van der Waals surface area contributed by atoms with E-state index in [9.17, 15) is 13.2 Å². The van der Waals surface area contributed by atoms with E-state index in [2.05, 4.69) is 4.72 Å². The van der Waals surface area contributed by atoms with Crippen LogP contribution < -0.4 is 14.2 Å². The Labute approximate surface area is 130 Å². The summed E-state index contributed by atoms with van der Waals surface area (Å²) in [4.78, 5) is 11.1. The van der Waals surface area contributed by atoms with Gasteiger partial charge in [0.1, 0.15) is 17.5 Å². The Bertz CT molecular complexity index is 604. The number of nitrogens with one attached hydrogen (secondary N) is 1. The molecule has 0 saturated carbocycles. The Kier molecular flexibility index (Phi) is 6.19. The molecule has 1 aromatic rings. The van der Waals surface area contributed by atoms with Gasteiger partial charge >= 0.3 is 5.97 Å². The number of carbonyl (C=O) groups is 1. The van der Waals surface area contributed by atoms with Gasteiger partial charge in [-0.25, -0.2) is 8.42 Å². The maximum atomic E-state index is 12.4. The number of benzene rings is 1. The second-order valence-electron chi connectivity index (χ2n) is 5.19. The van der Waals surface area contributed by atoms with Crippen LogP contribution in [0.2, 0.25) is 0 Å². The molecule has 0 unspecified atom stereocenters. The van der Waals surface area contributed by atoms with Gasteiger partial charge < -0.3 is 14.6 Å². The lowest BCUT2D eigenvalue weighted by atomic mass is 10.1. The molecule has 0 radical (unpaired) electrons. The Morgan fingerprint density at radius 3 is 2.05 bits per heavy atom. The summed E-state index contributed by atoms with van der Waals surface area (Å²) in [5.41, 5.74) is 0. The molecule has 22 heavy (non-hydrogen) atoms. The second kappa shape index (κ2) is 7.46. The summed E-state index contributed by atoms with van der Waals surface area (Å²) >= 11 is 0. The molecular weight excluding hydrogens is 310 g/mol. The zero-order chi connectivity index (χ0) is 16.9. The van der Waals surface area contributed by atoms with E-state index in [0.717, 1.165) is 0 Å². The SMILES string of the molecule is COc1cc(OC)cc(S(=O)(=O)N[C@@H](CC(C)C)C(=O)O)c1. The summed E-state index contributed by atoms with van der Waals surface area (Å²) in [6.45, 7) is 3.64. The van der Waals surface area contributed by atoms with Crippen LogP contribution in [0.3, 0.4) is 0 Å². The van der Waals surface area contributed by atoms with E-state index in [4.69, 9.17) is 14.6 Å². The maximum absolute atomic E-state index is 12.4. The molecule has 0 heterocycles. The van der Waals surface area contributed by atoms with Crippen LogP contribution in [0.15, 0.2) is 23.1 Å². The Hall–Kier alpha value is -1.80. The van der Waals surface area contributed by atoms with Crippen molar-refractivity contribution >= 4 is 16.0 Å². The third kappa shape index (κ3) is 4.88. The molecule has 1 aromatic carbocycles. The van der Waals surface area contributed by atoms with Crippen molar-refractivity contribution in [3.05, 3.63) is 18.2 Å². The first kappa shape index (κ1) is 18.2. The van der Waals surface area contributed by atoms with Gasteiger partial charge in [0.05, 0.1) is 19.1 Å². The van der Waals surface area contributed by atoms with Gasteiger partial charge in [0, 0.05) is 18.2 Å². The van der Waals surface area contributed by atoms with E-state index in [1.807, 2.05) is 13.8 Å². The smallest absolute Gasteiger partial charge is 0.321 e. The zero-order valence-electron chi connectivity index (χ0n) is 13.0. The predicted molar refractivity (Wildman–Crippen MR) is 80.7 cm³/mol. The summed E-state index contributed by atoms with van der Waals surface area (Å²) in [6.07, 6.45) is 0.190. The van der Waals surface area contributed by atoms with Crippen molar-refractivity contribution in [1.82, 2.24) is 4.72 Å². The molecule has 7 nitrogen and oxygen atoms in total. The first-order valence-electron chi connectivity index (χ1n) is 6.67. The average molecular weight is 331 g/mol. The van der Waals surface area contributed by atoms with Crippen LogP contribution in [0, 0.1) is 5.92 Å². The molecule has 0 aliphatic heterocycles. The monoisotopic (exact) mass is 331 g/mol. The Morgan fingerprint density at radius 2 is 1.68 bits per heavy atom. The van der Waals surface area contributed by atoms with Crippen molar-refractivity contribution in [3.63, 3.8) is 0 Å². The van der Waals surface area contributed by atoms with Gasteiger partial charge in [0.2, 0.25) is 10.0 Å². The molecule has 0 aliphatic carbocycles. The minimum absolute atomic E-state index is 0.0312. The first-order chi connectivity index (χ1) is 10.2. The van der Waals surface area contributed by atoms with Gasteiger partial charge in [0.15, 0.2) is 0 Å². The number of hydrogen-bond acceptors (Lipinski definition) is 5. The van der Waals surface area contributed by atoms with Crippen LogP contribution >= 0.6 is 0 Å². The molecule has 0 fully saturated rings. The minimum Gasteiger partial charge on any atom is -0.497 e. The summed E-state index contributed by atoms with van der Waals surface area (Å²) in [7, 11) is -1.21. The van der Waals surface area contributed by atoms with E-state index in [1.54, 1.807) is 0 Å². The third-order valence-electron chi connectivity index (χ3n) is 2.94. The van der Waals surface area contributed by atoms with E-state index < -0.39 is 22.0 Å². The van der Waals surface area contributed by atoms with E-state index in [-0.39, 0.29) is 17.2 Å². The number of carboxylic acid groups (broad SMARTS) is 1. The predicted octanol–water partition coefficient (Wildman–Crippen LogP) is 1.48. The lowest BCUT2D eigenvalue weighted by Gasteiger charge is -2.17. The van der Waals surface area contributed by atoms with E-state index in [1.165, 1.54) is 32.4 Å². The van der Waals surface area contributed by atoms with Gasteiger partial charge in [0.25, 0.3) is 0 Å². The van der Waals surface area contributed by atoms with Crippen molar-refractivity contribution in [1.29, 1.82) is 0 Å². The molecule has 0 spiro atoms. The highest BCUT2D eigenvalue weighted by Gasteiger charge is 2.26. The van der Waals surface area contributed by atoms with Crippen LogP contribution in [0.5, 0.6) is 11.5 Å². The van der Waals surface area contributed by atoms with Crippen LogP contribution in [-0.2, 0) is 14.8 Å². The largest absolute Gasteiger partial charge is 0.497 e. The average Bonchev–Trinajstić information content (AvgIpc) is 2.45. The quantitative estimate of drug-likeness (QED) is 0.748. The molecular formula is C14H21NO6S. The molecule has 2 N–H and O–H groups in total. The lowest BCUT2D eigenvalue weighted by Crippen LogP contribution is -2.41. The number of rotatable bonds is 8. The molecule has 1 rings (SSSR count). The highest BCUT2D eigenvalue weighted by atomic mass is 32.2. The van der Waals surface area contributed by atoms with Crippen molar-refractivity contribution in [2.24, 2.45) is 5.92 Å². The summed E-state index contributed by atoms with van der Waals surface area (Å²) in [5.74, 6) is -0.582. The van der Waals surface area contributed by atoms with Gasteiger partial charge in [-0.3, -0.25) is 4.79 Å². The van der Waals surface area contributed by atoms with Crippen molar-refractivity contribution in [3.8, 4) is 11.5 Å². The Morgan fingerprint density at radius 1 is 1.18 bits per heavy atom. The highest BCUT2D eigenvalue weighted by Crippen LogP contribution is 2.25. The first-order valence-corrected chi connectivity index (χ1v) is 8.16. The van der Waals surface area contributed by atoms with Crippen LogP contribution in [0.1, 0.15) is 20.3 Å². The number of hydrogen-bond donors (Lipinski definition) is 2. The van der Waals surface area contributed by atoms with Gasteiger partial charge in [-0.05, 0) is 12.3 Å². The molecule has 0 bridgehead atoms. The van der Waals surface area contributed by atoms with Crippen LogP contribution in [0.4, 0.5) is 0 Å². The van der Waals surface area contributed by atoms with Crippen molar-refractivity contribution in [2.75, 3.05) is 14.2 Å². The summed E-state index contributed by atoms with van der Waals surface area (Å²) in [6, 6.07) is 2.95. The van der Waals surface area contributed by atoms with Crippen molar-refractivity contribution < 1.29 is 27.8 Å². The molecule has 0 saturated heterocycles. The fraction of sp³-hybridized carbons (Fsp3) is 0.500. The van der Waals surface area contributed by atoms with E-state index >= 15 is 0 Å². The van der Waals surface area contributed by atoms with Gasteiger partial charge in [-0.2, -0.15) is 4.72 Å². The molecule has 124 valence electrons. The topological polar surface area (TPSA) is 102 Å². The molecule has 8 heteroatoms. The van der Waals surface area contributed by atoms with Crippen molar-refractivity contribution in [2.45, 2.75) is 31.2 Å². The minimum atomic E-state index is -4.01. The number of aliphatic carboxylic acids is 1. The molecule has 0 amide bonds. The molecule has 0 aliphatic rings. The zero-order valence-corrected chi connectivity index (χ0v) is 13.8.